The largest absolute Gasteiger partial charge is 0.416 e. The SMILES string of the molecule is CC1=NN(c2ccc(C(F)(F)F)cc2)C(=O)/C1=N\NC1(c2nnn[nH]2)C=CC=C(c2ccccc2)C1O. The highest BCUT2D eigenvalue weighted by molar-refractivity contribution is 6.71. The van der Waals surface area contributed by atoms with Gasteiger partial charge < -0.3 is 5.11 Å². The molecule has 2 atom stereocenters. The Hall–Kier alpha value is -4.65. The number of nitrogens with one attached hydrogen (secondary N) is 2. The monoisotopic (exact) mass is 508 g/mol. The number of hydrogen-bond acceptors (Lipinski definition) is 8. The Kier molecular flexibility index (Phi) is 5.91. The van der Waals surface area contributed by atoms with Crippen molar-refractivity contribution < 1.29 is 23.1 Å². The van der Waals surface area contributed by atoms with Crippen molar-refractivity contribution in [1.29, 1.82) is 0 Å². The molecule has 2 unspecified atom stereocenters. The van der Waals surface area contributed by atoms with E-state index in [9.17, 15) is 23.1 Å². The number of benzene rings is 2. The number of H-pyrrole nitrogens is 1. The minimum absolute atomic E-state index is 0.0943. The first-order valence-corrected chi connectivity index (χ1v) is 11.0. The molecule has 1 aliphatic carbocycles. The van der Waals surface area contributed by atoms with Gasteiger partial charge in [-0.25, -0.2) is 5.10 Å². The fraction of sp³-hybridized carbons (Fsp3) is 0.167. The number of hydrazone groups is 2. The van der Waals surface area contributed by atoms with E-state index in [2.05, 4.69) is 36.3 Å². The third-order valence-electron chi connectivity index (χ3n) is 5.98. The van der Waals surface area contributed by atoms with Crippen LogP contribution in [0, 0.1) is 0 Å². The molecule has 3 N–H and O–H groups in total. The molecule has 2 aliphatic rings. The number of tetrazole rings is 1. The zero-order chi connectivity index (χ0) is 26.2. The second-order valence-electron chi connectivity index (χ2n) is 8.29. The van der Waals surface area contributed by atoms with E-state index < -0.39 is 29.3 Å². The predicted molar refractivity (Wildman–Crippen MR) is 128 cm³/mol. The maximum absolute atomic E-state index is 13.1. The second-order valence-corrected chi connectivity index (χ2v) is 8.29. The van der Waals surface area contributed by atoms with E-state index >= 15 is 0 Å². The number of alkyl halides is 3. The number of aliphatic hydroxyl groups is 1. The van der Waals surface area contributed by atoms with Crippen molar-refractivity contribution in [2.45, 2.75) is 24.7 Å². The lowest BCUT2D eigenvalue weighted by molar-refractivity contribution is -0.137. The Morgan fingerprint density at radius 3 is 2.51 bits per heavy atom. The summed E-state index contributed by atoms with van der Waals surface area (Å²) in [6, 6.07) is 13.2. The molecule has 0 radical (unpaired) electrons. The highest BCUT2D eigenvalue weighted by atomic mass is 19.4. The van der Waals surface area contributed by atoms with Crippen LogP contribution in [-0.4, -0.2) is 49.2 Å². The summed E-state index contributed by atoms with van der Waals surface area (Å²) in [7, 11) is 0. The molecule has 10 nitrogen and oxygen atoms in total. The number of aromatic amines is 1. The molecule has 5 rings (SSSR count). The van der Waals surface area contributed by atoms with Crippen molar-refractivity contribution in [2.24, 2.45) is 10.2 Å². The van der Waals surface area contributed by atoms with E-state index in [1.165, 1.54) is 6.92 Å². The number of rotatable bonds is 5. The predicted octanol–water partition coefficient (Wildman–Crippen LogP) is 2.80. The van der Waals surface area contributed by atoms with Crippen LogP contribution in [0.4, 0.5) is 18.9 Å². The van der Waals surface area contributed by atoms with Gasteiger partial charge in [0.25, 0.3) is 0 Å². The molecule has 13 heteroatoms. The lowest BCUT2D eigenvalue weighted by atomic mass is 9.80. The van der Waals surface area contributed by atoms with E-state index in [0.717, 1.165) is 34.8 Å². The molecule has 0 bridgehead atoms. The zero-order valence-corrected chi connectivity index (χ0v) is 19.2. The number of nitrogens with zero attached hydrogens (tertiary/aromatic N) is 6. The maximum atomic E-state index is 13.1. The number of hydrogen-bond donors (Lipinski definition) is 3. The van der Waals surface area contributed by atoms with Crippen molar-refractivity contribution in [3.63, 3.8) is 0 Å². The van der Waals surface area contributed by atoms with Crippen molar-refractivity contribution in [2.75, 3.05) is 5.01 Å². The molecule has 2 aromatic carbocycles. The summed E-state index contributed by atoms with van der Waals surface area (Å²) in [4.78, 5) is 13.1. The molecule has 1 amide bonds. The number of carbonyl (C=O) groups excluding carboxylic acids is 1. The van der Waals surface area contributed by atoms with Gasteiger partial charge in [-0.1, -0.05) is 42.5 Å². The first-order chi connectivity index (χ1) is 17.7. The molecule has 3 aromatic rings. The van der Waals surface area contributed by atoms with Crippen molar-refractivity contribution >= 4 is 28.6 Å². The van der Waals surface area contributed by atoms with E-state index in [4.69, 9.17) is 0 Å². The third-order valence-corrected chi connectivity index (χ3v) is 5.98. The molecule has 1 aromatic heterocycles. The smallest absolute Gasteiger partial charge is 0.385 e. The van der Waals surface area contributed by atoms with Crippen LogP contribution in [0.3, 0.4) is 0 Å². The van der Waals surface area contributed by atoms with Gasteiger partial charge in [-0.05, 0) is 58.8 Å². The van der Waals surface area contributed by atoms with Gasteiger partial charge in [-0.15, -0.1) is 5.10 Å². The minimum atomic E-state index is -4.51. The van der Waals surface area contributed by atoms with Gasteiger partial charge in [0.1, 0.15) is 6.10 Å². The first kappa shape index (κ1) is 24.1. The average Bonchev–Trinajstić information content (AvgIpc) is 3.53. The zero-order valence-electron chi connectivity index (χ0n) is 19.2. The summed E-state index contributed by atoms with van der Waals surface area (Å²) in [5.74, 6) is -0.523. The van der Waals surface area contributed by atoms with Crippen LogP contribution in [-0.2, 0) is 16.5 Å². The second kappa shape index (κ2) is 9.09. The maximum Gasteiger partial charge on any atom is 0.416 e. The van der Waals surface area contributed by atoms with Crippen molar-refractivity contribution in [3.05, 3.63) is 89.8 Å². The molecule has 188 valence electrons. The average molecular weight is 508 g/mol. The quantitative estimate of drug-likeness (QED) is 0.454. The normalized spacial score (nSPS) is 22.8. The number of halogens is 3. The summed E-state index contributed by atoms with van der Waals surface area (Å²) < 4.78 is 38.7. The number of anilines is 1. The lowest BCUT2D eigenvalue weighted by Gasteiger charge is -2.36. The molecule has 1 aliphatic heterocycles. The van der Waals surface area contributed by atoms with E-state index in [1.54, 1.807) is 18.2 Å². The summed E-state index contributed by atoms with van der Waals surface area (Å²) in [5.41, 5.74) is 2.11. The van der Waals surface area contributed by atoms with E-state index in [-0.39, 0.29) is 22.9 Å². The number of aromatic nitrogens is 4. The molecule has 0 spiro atoms. The molecular formula is C24H19F3N8O2. The number of allylic oxidation sites excluding steroid dienone is 2. The van der Waals surface area contributed by atoms with Crippen LogP contribution < -0.4 is 10.4 Å². The molecule has 0 fully saturated rings. The molecule has 0 saturated carbocycles. The van der Waals surface area contributed by atoms with Crippen LogP contribution in [0.1, 0.15) is 23.9 Å². The van der Waals surface area contributed by atoms with Gasteiger partial charge >= 0.3 is 12.1 Å². The van der Waals surface area contributed by atoms with Crippen molar-refractivity contribution in [3.8, 4) is 0 Å². The Balaban J connectivity index is 1.45. The van der Waals surface area contributed by atoms with Crippen LogP contribution in [0.25, 0.3) is 5.57 Å². The van der Waals surface area contributed by atoms with Crippen LogP contribution in [0.5, 0.6) is 0 Å². The van der Waals surface area contributed by atoms with E-state index in [0.29, 0.717) is 5.57 Å². The number of aliphatic hydroxyl groups excluding tert-OH is 1. The van der Waals surface area contributed by atoms with Crippen molar-refractivity contribution in [1.82, 2.24) is 26.0 Å². The standard InChI is InChI=1S/C24H19F3N8O2/c1-14-19(21(37)35(31-14)17-11-9-16(10-12-17)24(25,26)27)28-32-23(22-29-33-34-30-22)13-5-8-18(20(23)36)15-6-3-2-4-7-15/h2-13,20,32,36H,1H3,(H,29,30,33,34)/b28-19-. The highest BCUT2D eigenvalue weighted by Gasteiger charge is 2.45. The van der Waals surface area contributed by atoms with Gasteiger partial charge in [0, 0.05) is 0 Å². The Bertz CT molecular complexity index is 1430. The fourth-order valence-electron chi connectivity index (χ4n) is 4.05. The Morgan fingerprint density at radius 1 is 1.14 bits per heavy atom. The van der Waals surface area contributed by atoms with Gasteiger partial charge in [0.15, 0.2) is 17.1 Å². The summed E-state index contributed by atoms with van der Waals surface area (Å²) >= 11 is 0. The molecular weight excluding hydrogens is 489 g/mol. The summed E-state index contributed by atoms with van der Waals surface area (Å²) in [6.45, 7) is 1.54. The first-order valence-electron chi connectivity index (χ1n) is 11.0. The van der Waals surface area contributed by atoms with Crippen LogP contribution >= 0.6 is 0 Å². The van der Waals surface area contributed by atoms with Gasteiger partial charge in [0.05, 0.1) is 17.0 Å². The third kappa shape index (κ3) is 4.29. The van der Waals surface area contributed by atoms with Gasteiger partial charge in [-0.3, -0.25) is 10.2 Å². The van der Waals surface area contributed by atoms with Gasteiger partial charge in [-0.2, -0.15) is 28.4 Å². The van der Waals surface area contributed by atoms with Gasteiger partial charge in [0.2, 0.25) is 0 Å². The summed E-state index contributed by atoms with van der Waals surface area (Å²) in [6.07, 6.45) is -0.670. The van der Waals surface area contributed by atoms with Crippen LogP contribution in [0.2, 0.25) is 0 Å². The van der Waals surface area contributed by atoms with Crippen LogP contribution in [0.15, 0.2) is 83.0 Å². The Morgan fingerprint density at radius 2 is 1.86 bits per heavy atom. The fourth-order valence-corrected chi connectivity index (χ4v) is 4.05. The molecule has 0 saturated heterocycles. The minimum Gasteiger partial charge on any atom is -0.385 e. The number of amides is 1. The Labute approximate surface area is 207 Å². The highest BCUT2D eigenvalue weighted by Crippen LogP contribution is 2.36. The lowest BCUT2D eigenvalue weighted by Crippen LogP contribution is -2.51. The number of carbonyl (C=O) groups is 1. The van der Waals surface area contributed by atoms with E-state index in [1.807, 2.05) is 30.3 Å². The topological polar surface area (TPSA) is 132 Å². The summed E-state index contributed by atoms with van der Waals surface area (Å²) in [5, 5.41) is 34.6. The molecule has 2 heterocycles. The molecule has 37 heavy (non-hydrogen) atoms.